The molecule has 5 nitrogen and oxygen atoms in total. The van der Waals surface area contributed by atoms with Gasteiger partial charge in [-0.25, -0.2) is 0 Å². The summed E-state index contributed by atoms with van der Waals surface area (Å²) in [5, 5.41) is 0. The van der Waals surface area contributed by atoms with Crippen LogP contribution in [0.3, 0.4) is 0 Å². The third-order valence-electron chi connectivity index (χ3n) is 3.78. The van der Waals surface area contributed by atoms with Crippen LogP contribution < -0.4 is 14.3 Å². The summed E-state index contributed by atoms with van der Waals surface area (Å²) >= 11 is 4.80. The molecule has 0 radical (unpaired) electrons. The van der Waals surface area contributed by atoms with Crippen molar-refractivity contribution in [2.45, 2.75) is 6.54 Å². The summed E-state index contributed by atoms with van der Waals surface area (Å²) in [5.41, 5.74) is 1.48. The van der Waals surface area contributed by atoms with E-state index in [1.165, 1.54) is 11.3 Å². The number of ether oxygens (including phenoxy) is 2. The normalized spacial score (nSPS) is 13.4. The van der Waals surface area contributed by atoms with Crippen molar-refractivity contribution in [1.29, 1.82) is 0 Å². The Morgan fingerprint density at radius 3 is 2.72 bits per heavy atom. The monoisotopic (exact) mass is 416 g/mol. The van der Waals surface area contributed by atoms with Crippen LogP contribution in [0, 0.1) is 0 Å². The van der Waals surface area contributed by atoms with Gasteiger partial charge in [0.15, 0.2) is 16.3 Å². The van der Waals surface area contributed by atoms with Crippen molar-refractivity contribution < 1.29 is 14.3 Å². The van der Waals surface area contributed by atoms with Gasteiger partial charge in [0.1, 0.15) is 0 Å². The Kier molecular flexibility index (Phi) is 4.19. The number of thiazole rings is 1. The Balaban J connectivity index is 1.85. The van der Waals surface area contributed by atoms with E-state index >= 15 is 0 Å². The third-order valence-corrected chi connectivity index (χ3v) is 5.35. The van der Waals surface area contributed by atoms with Crippen LogP contribution in [0.1, 0.15) is 10.4 Å². The smallest absolute Gasteiger partial charge is 0.279 e. The number of amides is 1. The fourth-order valence-corrected chi connectivity index (χ4v) is 3.91. The van der Waals surface area contributed by atoms with E-state index in [0.29, 0.717) is 28.4 Å². The zero-order valence-electron chi connectivity index (χ0n) is 13.1. The second-order valence-corrected chi connectivity index (χ2v) is 7.31. The molecule has 7 heteroatoms. The number of fused-ring (bicyclic) bond motifs is 2. The molecule has 1 aliphatic heterocycles. The molecule has 1 amide bonds. The molecule has 4 rings (SSSR count). The fraction of sp³-hybridized carbons (Fsp3) is 0.111. The molecule has 0 N–H and O–H groups in total. The molecule has 0 unspecified atom stereocenters. The van der Waals surface area contributed by atoms with Crippen molar-refractivity contribution in [3.05, 3.63) is 63.9 Å². The van der Waals surface area contributed by atoms with Crippen LogP contribution in [0.4, 0.5) is 0 Å². The van der Waals surface area contributed by atoms with Crippen LogP contribution >= 0.6 is 27.3 Å². The summed E-state index contributed by atoms with van der Waals surface area (Å²) in [5.74, 6) is 1.14. The number of carbonyl (C=O) groups excluding carboxylic acids is 1. The van der Waals surface area contributed by atoms with E-state index in [0.717, 1.165) is 14.7 Å². The highest BCUT2D eigenvalue weighted by molar-refractivity contribution is 9.10. The number of halogens is 1. The van der Waals surface area contributed by atoms with Crippen molar-refractivity contribution in [2.24, 2.45) is 4.99 Å². The van der Waals surface area contributed by atoms with Crippen LogP contribution in [-0.2, 0) is 6.54 Å². The standard InChI is InChI=1S/C18H13BrN2O3S/c1-2-7-21-13-8-14-15(24-10-23-14)9-16(13)25-18(21)20-17(22)11-3-5-12(19)6-4-11/h2-6,8-9H,1,7,10H2. The molecule has 0 saturated carbocycles. The summed E-state index contributed by atoms with van der Waals surface area (Å²) in [6, 6.07) is 11.0. The Bertz CT molecular complexity index is 1050. The van der Waals surface area contributed by atoms with Crippen molar-refractivity contribution in [3.63, 3.8) is 0 Å². The first-order valence-corrected chi connectivity index (χ1v) is 9.15. The first-order chi connectivity index (χ1) is 12.2. The molecule has 0 saturated heterocycles. The van der Waals surface area contributed by atoms with Gasteiger partial charge in [0.2, 0.25) is 6.79 Å². The maximum Gasteiger partial charge on any atom is 0.279 e. The number of nitrogens with zero attached hydrogens (tertiary/aromatic N) is 2. The van der Waals surface area contributed by atoms with E-state index < -0.39 is 0 Å². The summed E-state index contributed by atoms with van der Waals surface area (Å²) in [6.07, 6.45) is 1.78. The minimum atomic E-state index is -0.281. The quantitative estimate of drug-likeness (QED) is 0.603. The summed E-state index contributed by atoms with van der Waals surface area (Å²) in [7, 11) is 0. The van der Waals surface area contributed by atoms with Gasteiger partial charge in [-0.15, -0.1) is 6.58 Å². The molecule has 25 heavy (non-hydrogen) atoms. The van der Waals surface area contributed by atoms with Crippen molar-refractivity contribution >= 4 is 43.4 Å². The van der Waals surface area contributed by atoms with Gasteiger partial charge >= 0.3 is 0 Å². The Morgan fingerprint density at radius 2 is 2.00 bits per heavy atom. The third kappa shape index (κ3) is 3.01. The fourth-order valence-electron chi connectivity index (χ4n) is 2.59. The minimum absolute atomic E-state index is 0.230. The Hall–Kier alpha value is -2.38. The highest BCUT2D eigenvalue weighted by Crippen LogP contribution is 2.37. The number of rotatable bonds is 3. The molecule has 0 spiro atoms. The lowest BCUT2D eigenvalue weighted by Gasteiger charge is -2.02. The van der Waals surface area contributed by atoms with Gasteiger partial charge in [-0.05, 0) is 24.3 Å². The van der Waals surface area contributed by atoms with Crippen LogP contribution in [0.15, 0.2) is 58.5 Å². The van der Waals surface area contributed by atoms with Crippen LogP contribution in [0.5, 0.6) is 11.5 Å². The lowest BCUT2D eigenvalue weighted by atomic mass is 10.2. The van der Waals surface area contributed by atoms with Crippen molar-refractivity contribution in [2.75, 3.05) is 6.79 Å². The Morgan fingerprint density at radius 1 is 1.28 bits per heavy atom. The lowest BCUT2D eigenvalue weighted by molar-refractivity contribution is 0.0998. The second-order valence-electron chi connectivity index (χ2n) is 5.38. The van der Waals surface area contributed by atoms with Gasteiger partial charge in [-0.3, -0.25) is 4.79 Å². The highest BCUT2D eigenvalue weighted by atomic mass is 79.9. The molecule has 1 aromatic heterocycles. The van der Waals surface area contributed by atoms with E-state index in [4.69, 9.17) is 9.47 Å². The largest absolute Gasteiger partial charge is 0.454 e. The number of hydrogen-bond acceptors (Lipinski definition) is 4. The topological polar surface area (TPSA) is 52.8 Å². The van der Waals surface area contributed by atoms with Crippen LogP contribution in [-0.4, -0.2) is 17.3 Å². The maximum atomic E-state index is 12.5. The molecular weight excluding hydrogens is 404 g/mol. The van der Waals surface area contributed by atoms with Gasteiger partial charge in [-0.1, -0.05) is 33.3 Å². The lowest BCUT2D eigenvalue weighted by Crippen LogP contribution is -2.16. The summed E-state index contributed by atoms with van der Waals surface area (Å²) < 4.78 is 14.7. The van der Waals surface area contributed by atoms with E-state index in [1.54, 1.807) is 18.2 Å². The Labute approximate surface area is 156 Å². The zero-order valence-corrected chi connectivity index (χ0v) is 15.5. The van der Waals surface area contributed by atoms with Crippen molar-refractivity contribution in [3.8, 4) is 11.5 Å². The number of hydrogen-bond donors (Lipinski definition) is 0. The van der Waals surface area contributed by atoms with Gasteiger partial charge in [0, 0.05) is 28.7 Å². The van der Waals surface area contributed by atoms with E-state index in [2.05, 4.69) is 27.5 Å². The van der Waals surface area contributed by atoms with E-state index in [-0.39, 0.29) is 12.7 Å². The SMILES string of the molecule is C=CCn1c(=NC(=O)c2ccc(Br)cc2)sc2cc3c(cc21)OCO3. The number of carbonyl (C=O) groups is 1. The molecule has 0 fully saturated rings. The van der Waals surface area contributed by atoms with Crippen molar-refractivity contribution in [1.82, 2.24) is 4.57 Å². The molecule has 0 atom stereocenters. The first kappa shape index (κ1) is 16.1. The summed E-state index contributed by atoms with van der Waals surface area (Å²) in [4.78, 5) is 17.4. The molecule has 2 aromatic carbocycles. The van der Waals surface area contributed by atoms with Gasteiger partial charge < -0.3 is 14.0 Å². The average molecular weight is 417 g/mol. The molecular formula is C18H13BrN2O3S. The number of aromatic nitrogens is 1. The minimum Gasteiger partial charge on any atom is -0.454 e. The molecule has 3 aromatic rings. The molecule has 2 heterocycles. The number of allylic oxidation sites excluding steroid dienone is 1. The predicted octanol–water partition coefficient (Wildman–Crippen LogP) is 4.12. The highest BCUT2D eigenvalue weighted by Gasteiger charge is 2.17. The number of benzene rings is 2. The van der Waals surface area contributed by atoms with Gasteiger partial charge in [-0.2, -0.15) is 4.99 Å². The predicted molar refractivity (Wildman–Crippen MR) is 100 cm³/mol. The molecule has 126 valence electrons. The second kappa shape index (κ2) is 6.50. The maximum absolute atomic E-state index is 12.5. The zero-order chi connectivity index (χ0) is 17.4. The van der Waals surface area contributed by atoms with Crippen LogP contribution in [0.25, 0.3) is 10.2 Å². The van der Waals surface area contributed by atoms with Gasteiger partial charge in [0.05, 0.1) is 10.2 Å². The first-order valence-electron chi connectivity index (χ1n) is 7.54. The molecule has 0 aliphatic carbocycles. The van der Waals surface area contributed by atoms with E-state index in [1.807, 2.05) is 28.8 Å². The average Bonchev–Trinajstić information content (AvgIpc) is 3.18. The van der Waals surface area contributed by atoms with Gasteiger partial charge in [0.25, 0.3) is 5.91 Å². The van der Waals surface area contributed by atoms with E-state index in [9.17, 15) is 4.79 Å². The van der Waals surface area contributed by atoms with Crippen LogP contribution in [0.2, 0.25) is 0 Å². The molecule has 0 bridgehead atoms. The summed E-state index contributed by atoms with van der Waals surface area (Å²) in [6.45, 7) is 4.58. The molecule has 1 aliphatic rings.